The number of carbonyl (C=O) groups is 2. The van der Waals surface area contributed by atoms with E-state index in [0.717, 1.165) is 11.3 Å². The number of carbonyl (C=O) groups excluding carboxylic acids is 2. The second-order valence-corrected chi connectivity index (χ2v) is 6.48. The first-order valence-corrected chi connectivity index (χ1v) is 8.79. The molecule has 27 heavy (non-hydrogen) atoms. The third kappa shape index (κ3) is 3.87. The second-order valence-electron chi connectivity index (χ2n) is 6.48. The Hall–Kier alpha value is -3.48. The minimum absolute atomic E-state index is 0.0519. The van der Waals surface area contributed by atoms with Gasteiger partial charge in [-0.25, -0.2) is 9.67 Å². The molecule has 0 aliphatic carbocycles. The van der Waals surface area contributed by atoms with E-state index in [1.807, 2.05) is 60.7 Å². The summed E-state index contributed by atoms with van der Waals surface area (Å²) in [5.41, 5.74) is 1.91. The van der Waals surface area contributed by atoms with Crippen LogP contribution in [0, 0.1) is 5.92 Å². The van der Waals surface area contributed by atoms with Gasteiger partial charge in [0.05, 0.1) is 12.5 Å². The predicted octanol–water partition coefficient (Wildman–Crippen LogP) is 2.32. The zero-order chi connectivity index (χ0) is 18.6. The molecular formula is C20H19N5O2. The summed E-state index contributed by atoms with van der Waals surface area (Å²) in [5.74, 6) is -0.455. The number of rotatable bonds is 5. The number of hydrogen-bond acceptors (Lipinski definition) is 4. The molecule has 2 aromatic carbocycles. The Morgan fingerprint density at radius 3 is 2.52 bits per heavy atom. The lowest BCUT2D eigenvalue weighted by atomic mass is 10.1. The van der Waals surface area contributed by atoms with Crippen molar-refractivity contribution in [1.82, 2.24) is 14.8 Å². The average Bonchev–Trinajstić information content (AvgIpc) is 3.30. The monoisotopic (exact) mass is 361 g/mol. The highest BCUT2D eigenvalue weighted by Gasteiger charge is 2.35. The van der Waals surface area contributed by atoms with Gasteiger partial charge in [0.2, 0.25) is 17.8 Å². The maximum absolute atomic E-state index is 12.5. The normalized spacial score (nSPS) is 16.5. The summed E-state index contributed by atoms with van der Waals surface area (Å²) in [4.78, 5) is 30.6. The summed E-state index contributed by atoms with van der Waals surface area (Å²) in [5, 5.41) is 7.01. The number of aromatic nitrogens is 3. The topological polar surface area (TPSA) is 80.1 Å². The molecule has 0 radical (unpaired) electrons. The van der Waals surface area contributed by atoms with E-state index >= 15 is 0 Å². The molecule has 7 heteroatoms. The van der Waals surface area contributed by atoms with E-state index in [-0.39, 0.29) is 24.2 Å². The molecule has 4 rings (SSSR count). The van der Waals surface area contributed by atoms with Crippen molar-refractivity contribution in [1.29, 1.82) is 0 Å². The van der Waals surface area contributed by atoms with Gasteiger partial charge in [-0.1, -0.05) is 48.5 Å². The summed E-state index contributed by atoms with van der Waals surface area (Å²) >= 11 is 0. The summed E-state index contributed by atoms with van der Waals surface area (Å²) in [6.45, 7) is 0.937. The Morgan fingerprint density at radius 2 is 1.78 bits per heavy atom. The minimum Gasteiger partial charge on any atom is -0.312 e. The lowest BCUT2D eigenvalue weighted by Crippen LogP contribution is -2.28. The smallest absolute Gasteiger partial charge is 0.248 e. The quantitative estimate of drug-likeness (QED) is 0.756. The predicted molar refractivity (Wildman–Crippen MR) is 101 cm³/mol. The van der Waals surface area contributed by atoms with E-state index in [9.17, 15) is 9.59 Å². The Labute approximate surface area is 156 Å². The largest absolute Gasteiger partial charge is 0.312 e. The van der Waals surface area contributed by atoms with Gasteiger partial charge in [-0.2, -0.15) is 0 Å². The van der Waals surface area contributed by atoms with Crippen molar-refractivity contribution in [3.05, 3.63) is 72.6 Å². The van der Waals surface area contributed by atoms with Gasteiger partial charge < -0.3 is 4.90 Å². The zero-order valence-electron chi connectivity index (χ0n) is 14.7. The molecule has 1 aromatic heterocycles. The minimum atomic E-state index is -0.418. The molecule has 136 valence electrons. The van der Waals surface area contributed by atoms with Crippen LogP contribution in [-0.2, 0) is 16.1 Å². The molecule has 3 aromatic rings. The second kappa shape index (κ2) is 7.41. The summed E-state index contributed by atoms with van der Waals surface area (Å²) in [6.07, 6.45) is 1.77. The lowest BCUT2D eigenvalue weighted by Gasteiger charge is -2.16. The Kier molecular flexibility index (Phi) is 4.65. The number of anilines is 2. The van der Waals surface area contributed by atoms with E-state index in [2.05, 4.69) is 15.4 Å². The van der Waals surface area contributed by atoms with Gasteiger partial charge in [-0.3, -0.25) is 14.9 Å². The molecule has 2 heterocycles. The van der Waals surface area contributed by atoms with Crippen LogP contribution in [0.15, 0.2) is 67.0 Å². The highest BCUT2D eigenvalue weighted by molar-refractivity contribution is 6.03. The van der Waals surface area contributed by atoms with Crippen LogP contribution < -0.4 is 10.2 Å². The molecule has 1 aliphatic heterocycles. The molecule has 0 bridgehead atoms. The molecule has 0 spiro atoms. The Morgan fingerprint density at radius 1 is 1.07 bits per heavy atom. The van der Waals surface area contributed by atoms with E-state index in [1.165, 1.54) is 0 Å². The number of amides is 2. The van der Waals surface area contributed by atoms with Crippen LogP contribution in [0.1, 0.15) is 12.0 Å². The first kappa shape index (κ1) is 17.0. The molecule has 0 saturated carbocycles. The van der Waals surface area contributed by atoms with E-state index in [4.69, 9.17) is 0 Å². The summed E-state index contributed by atoms with van der Waals surface area (Å²) < 4.78 is 1.67. The van der Waals surface area contributed by atoms with E-state index in [1.54, 1.807) is 15.9 Å². The van der Waals surface area contributed by atoms with Crippen LogP contribution in [0.4, 0.5) is 11.6 Å². The van der Waals surface area contributed by atoms with Gasteiger partial charge in [-0.05, 0) is 17.7 Å². The standard InChI is InChI=1S/C20H19N5O2/c26-18-11-16(13-25(18)17-9-5-2-6-10-17)19(27)22-20-21-14-24(23-20)12-15-7-3-1-4-8-15/h1-10,14,16H,11-13H2,(H,22,23,27). The fourth-order valence-electron chi connectivity index (χ4n) is 3.15. The fraction of sp³-hybridized carbons (Fsp3) is 0.200. The molecular weight excluding hydrogens is 342 g/mol. The third-order valence-electron chi connectivity index (χ3n) is 4.52. The van der Waals surface area contributed by atoms with Crippen LogP contribution in [0.2, 0.25) is 0 Å². The van der Waals surface area contributed by atoms with Gasteiger partial charge in [0.25, 0.3) is 0 Å². The first-order chi connectivity index (χ1) is 13.2. The van der Waals surface area contributed by atoms with Crippen molar-refractivity contribution in [2.45, 2.75) is 13.0 Å². The number of nitrogens with zero attached hydrogens (tertiary/aromatic N) is 4. The van der Waals surface area contributed by atoms with Crippen LogP contribution in [-0.4, -0.2) is 33.1 Å². The molecule has 1 fully saturated rings. The molecule has 2 amide bonds. The maximum atomic E-state index is 12.5. The molecule has 1 N–H and O–H groups in total. The molecule has 1 aliphatic rings. The van der Waals surface area contributed by atoms with E-state index in [0.29, 0.717) is 13.1 Å². The molecule has 7 nitrogen and oxygen atoms in total. The molecule has 1 atom stereocenters. The van der Waals surface area contributed by atoms with Crippen LogP contribution in [0.3, 0.4) is 0 Å². The zero-order valence-corrected chi connectivity index (χ0v) is 14.7. The van der Waals surface area contributed by atoms with Gasteiger partial charge in [0.15, 0.2) is 0 Å². The number of benzene rings is 2. The number of para-hydroxylation sites is 1. The van der Waals surface area contributed by atoms with Gasteiger partial charge in [0, 0.05) is 18.7 Å². The van der Waals surface area contributed by atoms with Crippen LogP contribution >= 0.6 is 0 Å². The third-order valence-corrected chi connectivity index (χ3v) is 4.52. The van der Waals surface area contributed by atoms with Crippen molar-refractivity contribution >= 4 is 23.5 Å². The highest BCUT2D eigenvalue weighted by atomic mass is 16.2. The lowest BCUT2D eigenvalue weighted by molar-refractivity contribution is -0.122. The number of hydrogen-bond donors (Lipinski definition) is 1. The summed E-state index contributed by atoms with van der Waals surface area (Å²) in [6, 6.07) is 19.3. The first-order valence-electron chi connectivity index (χ1n) is 8.79. The fourth-order valence-corrected chi connectivity index (χ4v) is 3.15. The van der Waals surface area contributed by atoms with Crippen LogP contribution in [0.5, 0.6) is 0 Å². The average molecular weight is 361 g/mol. The van der Waals surface area contributed by atoms with Crippen molar-refractivity contribution in [2.75, 3.05) is 16.8 Å². The number of nitrogens with one attached hydrogen (secondary N) is 1. The summed E-state index contributed by atoms with van der Waals surface area (Å²) in [7, 11) is 0. The maximum Gasteiger partial charge on any atom is 0.248 e. The van der Waals surface area contributed by atoms with Crippen molar-refractivity contribution in [3.63, 3.8) is 0 Å². The Balaban J connectivity index is 1.38. The van der Waals surface area contributed by atoms with Crippen molar-refractivity contribution < 1.29 is 9.59 Å². The molecule has 1 saturated heterocycles. The Bertz CT molecular complexity index is 939. The van der Waals surface area contributed by atoms with Gasteiger partial charge in [0.1, 0.15) is 6.33 Å². The van der Waals surface area contributed by atoms with Crippen molar-refractivity contribution in [2.24, 2.45) is 5.92 Å². The van der Waals surface area contributed by atoms with Crippen LogP contribution in [0.25, 0.3) is 0 Å². The van der Waals surface area contributed by atoms with Crippen molar-refractivity contribution in [3.8, 4) is 0 Å². The van der Waals surface area contributed by atoms with E-state index < -0.39 is 5.92 Å². The van der Waals surface area contributed by atoms with Gasteiger partial charge in [-0.15, -0.1) is 5.10 Å². The highest BCUT2D eigenvalue weighted by Crippen LogP contribution is 2.25. The SMILES string of the molecule is O=C(Nc1ncn(Cc2ccccc2)n1)C1CC(=O)N(c2ccccc2)C1. The van der Waals surface area contributed by atoms with Gasteiger partial charge >= 0.3 is 0 Å². The molecule has 1 unspecified atom stereocenters.